The van der Waals surface area contributed by atoms with E-state index in [0.717, 1.165) is 22.2 Å². The maximum Gasteiger partial charge on any atom is 0.146 e. The minimum atomic E-state index is 0.681. The van der Waals surface area contributed by atoms with Gasteiger partial charge in [0.1, 0.15) is 5.75 Å². The van der Waals surface area contributed by atoms with E-state index in [4.69, 9.17) is 4.74 Å². The summed E-state index contributed by atoms with van der Waals surface area (Å²) in [6, 6.07) is 0. The normalized spacial score (nSPS) is 10.6. The third-order valence-electron chi connectivity index (χ3n) is 2.05. The number of aryl methyl sites for hydroxylation is 1. The van der Waals surface area contributed by atoms with Gasteiger partial charge in [0.25, 0.3) is 0 Å². The van der Waals surface area contributed by atoms with Gasteiger partial charge in [0, 0.05) is 18.6 Å². The smallest absolute Gasteiger partial charge is 0.146 e. The molecule has 0 aliphatic heterocycles. The van der Waals surface area contributed by atoms with Crippen LogP contribution in [0.2, 0.25) is 0 Å². The Balaban J connectivity index is 2.61. The number of H-pyrrole nitrogens is 1. The van der Waals surface area contributed by atoms with Crippen molar-refractivity contribution in [2.75, 3.05) is 6.61 Å². The predicted octanol–water partition coefficient (Wildman–Crippen LogP) is 2.27. The summed E-state index contributed by atoms with van der Waals surface area (Å²) in [4.78, 5) is 7.30. The number of rotatable bonds is 2. The van der Waals surface area contributed by atoms with Crippen LogP contribution in [0.3, 0.4) is 0 Å². The Kier molecular flexibility index (Phi) is 1.93. The van der Waals surface area contributed by atoms with Gasteiger partial charge in [0.2, 0.25) is 0 Å². The molecule has 0 spiro atoms. The van der Waals surface area contributed by atoms with Gasteiger partial charge in [-0.3, -0.25) is 4.98 Å². The SMILES string of the molecule is CCOc1c[nH]c2c(C)cncc12. The molecule has 3 heteroatoms. The van der Waals surface area contributed by atoms with Crippen molar-refractivity contribution in [3.63, 3.8) is 0 Å². The molecule has 3 nitrogen and oxygen atoms in total. The fourth-order valence-corrected chi connectivity index (χ4v) is 1.43. The number of pyridine rings is 1. The van der Waals surface area contributed by atoms with Crippen molar-refractivity contribution < 1.29 is 4.74 Å². The summed E-state index contributed by atoms with van der Waals surface area (Å²) in [6.07, 6.45) is 5.54. The van der Waals surface area contributed by atoms with E-state index in [0.29, 0.717) is 6.61 Å². The maximum absolute atomic E-state index is 5.44. The molecular formula is C10H12N2O. The average molecular weight is 176 g/mol. The van der Waals surface area contributed by atoms with Crippen molar-refractivity contribution in [3.8, 4) is 5.75 Å². The first-order chi connectivity index (χ1) is 6.33. The van der Waals surface area contributed by atoms with Crippen LogP contribution in [0, 0.1) is 6.92 Å². The second-order valence-corrected chi connectivity index (χ2v) is 2.96. The molecule has 2 aromatic heterocycles. The topological polar surface area (TPSA) is 37.9 Å². The zero-order valence-corrected chi connectivity index (χ0v) is 7.79. The Morgan fingerprint density at radius 3 is 3.08 bits per heavy atom. The Labute approximate surface area is 76.8 Å². The molecule has 2 aromatic rings. The molecule has 0 aromatic carbocycles. The summed E-state index contributed by atoms with van der Waals surface area (Å²) >= 11 is 0. The lowest BCUT2D eigenvalue weighted by Gasteiger charge is -1.99. The minimum absolute atomic E-state index is 0.681. The number of ether oxygens (including phenoxy) is 1. The van der Waals surface area contributed by atoms with Crippen LogP contribution in [0.1, 0.15) is 12.5 Å². The molecule has 68 valence electrons. The number of nitrogens with one attached hydrogen (secondary N) is 1. The summed E-state index contributed by atoms with van der Waals surface area (Å²) in [6.45, 7) is 4.69. The molecule has 0 amide bonds. The number of aromatic amines is 1. The summed E-state index contributed by atoms with van der Waals surface area (Å²) in [7, 11) is 0. The number of hydrogen-bond acceptors (Lipinski definition) is 2. The van der Waals surface area contributed by atoms with Gasteiger partial charge in [0.05, 0.1) is 17.5 Å². The number of nitrogens with zero attached hydrogens (tertiary/aromatic N) is 1. The highest BCUT2D eigenvalue weighted by molar-refractivity contribution is 5.87. The zero-order valence-electron chi connectivity index (χ0n) is 7.79. The molecule has 0 unspecified atom stereocenters. The Hall–Kier alpha value is -1.51. The van der Waals surface area contributed by atoms with Crippen LogP contribution < -0.4 is 4.74 Å². The van der Waals surface area contributed by atoms with Gasteiger partial charge in [-0.15, -0.1) is 0 Å². The van der Waals surface area contributed by atoms with E-state index >= 15 is 0 Å². The number of aromatic nitrogens is 2. The first kappa shape index (κ1) is 8.10. The highest BCUT2D eigenvalue weighted by Crippen LogP contribution is 2.25. The molecule has 0 bridgehead atoms. The molecule has 2 heterocycles. The van der Waals surface area contributed by atoms with Crippen molar-refractivity contribution >= 4 is 10.9 Å². The molecule has 0 atom stereocenters. The Morgan fingerprint density at radius 2 is 2.31 bits per heavy atom. The van der Waals surface area contributed by atoms with Crippen LogP contribution in [-0.2, 0) is 0 Å². The van der Waals surface area contributed by atoms with Crippen molar-refractivity contribution in [1.29, 1.82) is 0 Å². The largest absolute Gasteiger partial charge is 0.492 e. The van der Waals surface area contributed by atoms with E-state index in [1.165, 1.54) is 0 Å². The molecule has 2 rings (SSSR count). The van der Waals surface area contributed by atoms with Crippen LogP contribution in [0.15, 0.2) is 18.6 Å². The predicted molar refractivity (Wildman–Crippen MR) is 52.0 cm³/mol. The number of fused-ring (bicyclic) bond motifs is 1. The number of hydrogen-bond donors (Lipinski definition) is 1. The molecule has 1 N–H and O–H groups in total. The molecular weight excluding hydrogens is 164 g/mol. The van der Waals surface area contributed by atoms with E-state index < -0.39 is 0 Å². The maximum atomic E-state index is 5.44. The van der Waals surface area contributed by atoms with Gasteiger partial charge in [0.15, 0.2) is 0 Å². The Bertz CT molecular complexity index is 420. The van der Waals surface area contributed by atoms with Gasteiger partial charge in [-0.2, -0.15) is 0 Å². The van der Waals surface area contributed by atoms with E-state index in [-0.39, 0.29) is 0 Å². The standard InChI is InChI=1S/C10H12N2O/c1-3-13-9-6-12-10-7(2)4-11-5-8(9)10/h4-6,12H,3H2,1-2H3. The van der Waals surface area contributed by atoms with E-state index in [9.17, 15) is 0 Å². The highest BCUT2D eigenvalue weighted by atomic mass is 16.5. The molecule has 0 aliphatic carbocycles. The molecule has 0 radical (unpaired) electrons. The fourth-order valence-electron chi connectivity index (χ4n) is 1.43. The van der Waals surface area contributed by atoms with Crippen LogP contribution in [0.4, 0.5) is 0 Å². The van der Waals surface area contributed by atoms with E-state index in [2.05, 4.69) is 9.97 Å². The monoisotopic (exact) mass is 176 g/mol. The van der Waals surface area contributed by atoms with Crippen molar-refractivity contribution in [2.24, 2.45) is 0 Å². The van der Waals surface area contributed by atoms with Gasteiger partial charge >= 0.3 is 0 Å². The quantitative estimate of drug-likeness (QED) is 0.762. The van der Waals surface area contributed by atoms with Gasteiger partial charge < -0.3 is 9.72 Å². The van der Waals surface area contributed by atoms with Crippen LogP contribution in [0.5, 0.6) is 5.75 Å². The van der Waals surface area contributed by atoms with Gasteiger partial charge in [-0.25, -0.2) is 0 Å². The second kappa shape index (κ2) is 3.09. The summed E-state index contributed by atoms with van der Waals surface area (Å²) in [5, 5.41) is 1.06. The first-order valence-corrected chi connectivity index (χ1v) is 4.37. The van der Waals surface area contributed by atoms with E-state index in [1.54, 1.807) is 0 Å². The molecule has 0 fully saturated rings. The van der Waals surface area contributed by atoms with Crippen LogP contribution >= 0.6 is 0 Å². The lowest BCUT2D eigenvalue weighted by Crippen LogP contribution is -1.89. The highest BCUT2D eigenvalue weighted by Gasteiger charge is 2.05. The molecule has 0 saturated carbocycles. The van der Waals surface area contributed by atoms with Gasteiger partial charge in [-0.05, 0) is 19.4 Å². The summed E-state index contributed by atoms with van der Waals surface area (Å²) < 4.78 is 5.44. The van der Waals surface area contributed by atoms with Crippen LogP contribution in [-0.4, -0.2) is 16.6 Å². The van der Waals surface area contributed by atoms with Crippen molar-refractivity contribution in [1.82, 2.24) is 9.97 Å². The third kappa shape index (κ3) is 1.26. The van der Waals surface area contributed by atoms with Gasteiger partial charge in [-0.1, -0.05) is 0 Å². The zero-order chi connectivity index (χ0) is 9.26. The first-order valence-electron chi connectivity index (χ1n) is 4.37. The lowest BCUT2D eigenvalue weighted by molar-refractivity contribution is 0.344. The molecule has 0 aliphatic rings. The summed E-state index contributed by atoms with van der Waals surface area (Å²) in [5.41, 5.74) is 2.25. The molecule has 13 heavy (non-hydrogen) atoms. The molecule has 0 saturated heterocycles. The summed E-state index contributed by atoms with van der Waals surface area (Å²) in [5.74, 6) is 0.883. The van der Waals surface area contributed by atoms with Crippen molar-refractivity contribution in [3.05, 3.63) is 24.2 Å². The second-order valence-electron chi connectivity index (χ2n) is 2.96. The fraction of sp³-hybridized carbons (Fsp3) is 0.300. The van der Waals surface area contributed by atoms with Crippen molar-refractivity contribution in [2.45, 2.75) is 13.8 Å². The third-order valence-corrected chi connectivity index (χ3v) is 2.05. The van der Waals surface area contributed by atoms with E-state index in [1.807, 2.05) is 32.4 Å². The van der Waals surface area contributed by atoms with Crippen LogP contribution in [0.25, 0.3) is 10.9 Å². The Morgan fingerprint density at radius 1 is 1.46 bits per heavy atom. The average Bonchev–Trinajstić information content (AvgIpc) is 2.51. The lowest BCUT2D eigenvalue weighted by atomic mass is 10.2. The minimum Gasteiger partial charge on any atom is -0.492 e.